The van der Waals surface area contributed by atoms with Gasteiger partial charge in [-0.1, -0.05) is 40.9 Å². The Balaban J connectivity index is 1.82. The number of halogens is 3. The third kappa shape index (κ3) is 5.05. The molecule has 0 saturated carbocycles. The summed E-state index contributed by atoms with van der Waals surface area (Å²) in [6.45, 7) is 2.90. The van der Waals surface area contributed by atoms with E-state index in [9.17, 15) is 13.2 Å². The average Bonchev–Trinajstić information content (AvgIpc) is 2.70. The van der Waals surface area contributed by atoms with Crippen LogP contribution in [0.1, 0.15) is 28.9 Å². The van der Waals surface area contributed by atoms with Gasteiger partial charge in [-0.3, -0.25) is 4.79 Å². The molecule has 1 N–H and O–H groups in total. The lowest BCUT2D eigenvalue weighted by Crippen LogP contribution is -2.40. The van der Waals surface area contributed by atoms with Crippen molar-refractivity contribution in [1.29, 1.82) is 0 Å². The summed E-state index contributed by atoms with van der Waals surface area (Å²) >= 11 is 18.1. The number of ether oxygens (including phenoxy) is 1. The average molecular weight is 478 g/mol. The number of hydrogen-bond acceptors (Lipinski definition) is 4. The first-order chi connectivity index (χ1) is 13.7. The molecular weight excluding hydrogens is 459 g/mol. The summed E-state index contributed by atoms with van der Waals surface area (Å²) in [6, 6.07) is 8.90. The molecule has 1 fully saturated rings. The standard InChI is InChI=1S/C19H19Cl3N2O4S/c1-12(13-2-4-15(20)17(22)10-13)23-19(25)14-3-5-16(21)18(11-14)29(26,27)24-6-8-28-9-7-24/h2-5,10-12H,6-9H2,1H3,(H,23,25). The molecule has 156 valence electrons. The van der Waals surface area contributed by atoms with Gasteiger partial charge in [-0.15, -0.1) is 0 Å². The normalized spacial score (nSPS) is 16.4. The third-order valence-electron chi connectivity index (χ3n) is 4.57. The van der Waals surface area contributed by atoms with Crippen molar-refractivity contribution in [3.63, 3.8) is 0 Å². The van der Waals surface area contributed by atoms with Gasteiger partial charge in [0.05, 0.1) is 34.3 Å². The van der Waals surface area contributed by atoms with E-state index in [2.05, 4.69) is 5.32 Å². The van der Waals surface area contributed by atoms with Crippen LogP contribution < -0.4 is 5.32 Å². The molecular formula is C19H19Cl3N2O4S. The molecule has 1 amide bonds. The Kier molecular flexibility index (Phi) is 7.09. The molecule has 2 aromatic carbocycles. The molecule has 0 aromatic heterocycles. The quantitative estimate of drug-likeness (QED) is 0.702. The third-order valence-corrected chi connectivity index (χ3v) is 7.69. The van der Waals surface area contributed by atoms with E-state index in [0.717, 1.165) is 5.56 Å². The van der Waals surface area contributed by atoms with Crippen LogP contribution in [0.25, 0.3) is 0 Å². The van der Waals surface area contributed by atoms with E-state index in [-0.39, 0.29) is 34.6 Å². The summed E-state index contributed by atoms with van der Waals surface area (Å²) in [6.07, 6.45) is 0. The van der Waals surface area contributed by atoms with Crippen molar-refractivity contribution in [3.05, 3.63) is 62.6 Å². The SMILES string of the molecule is CC(NC(=O)c1ccc(Cl)c(S(=O)(=O)N2CCOCC2)c1)c1ccc(Cl)c(Cl)c1. The first-order valence-electron chi connectivity index (χ1n) is 8.83. The highest BCUT2D eigenvalue weighted by Gasteiger charge is 2.29. The number of rotatable bonds is 5. The van der Waals surface area contributed by atoms with E-state index in [1.807, 2.05) is 0 Å². The second-order valence-electron chi connectivity index (χ2n) is 6.53. The molecule has 1 saturated heterocycles. The largest absolute Gasteiger partial charge is 0.379 e. The van der Waals surface area contributed by atoms with Gasteiger partial charge >= 0.3 is 0 Å². The summed E-state index contributed by atoms with van der Waals surface area (Å²) in [4.78, 5) is 12.6. The van der Waals surface area contributed by atoms with Crippen molar-refractivity contribution in [1.82, 2.24) is 9.62 Å². The molecule has 1 aliphatic rings. The molecule has 29 heavy (non-hydrogen) atoms. The fourth-order valence-electron chi connectivity index (χ4n) is 2.91. The maximum Gasteiger partial charge on any atom is 0.251 e. The Morgan fingerprint density at radius 2 is 1.69 bits per heavy atom. The second-order valence-corrected chi connectivity index (χ2v) is 9.66. The topological polar surface area (TPSA) is 75.7 Å². The Bertz CT molecular complexity index is 1020. The lowest BCUT2D eigenvalue weighted by Gasteiger charge is -2.26. The summed E-state index contributed by atoms with van der Waals surface area (Å²) in [5.41, 5.74) is 0.955. The van der Waals surface area contributed by atoms with Crippen molar-refractivity contribution >= 4 is 50.7 Å². The van der Waals surface area contributed by atoms with E-state index in [0.29, 0.717) is 23.3 Å². The Morgan fingerprint density at radius 1 is 1.03 bits per heavy atom. The molecule has 1 unspecified atom stereocenters. The van der Waals surface area contributed by atoms with Crippen LogP contribution in [-0.2, 0) is 14.8 Å². The van der Waals surface area contributed by atoms with E-state index >= 15 is 0 Å². The zero-order chi connectivity index (χ0) is 21.2. The molecule has 0 radical (unpaired) electrons. The van der Waals surface area contributed by atoms with Gasteiger partial charge in [0.2, 0.25) is 10.0 Å². The Morgan fingerprint density at radius 3 is 2.34 bits per heavy atom. The molecule has 0 bridgehead atoms. The minimum absolute atomic E-state index is 0.0607. The molecule has 3 rings (SSSR count). The zero-order valence-corrected chi connectivity index (χ0v) is 18.6. The number of sulfonamides is 1. The fourth-order valence-corrected chi connectivity index (χ4v) is 5.13. The van der Waals surface area contributed by atoms with Crippen LogP contribution in [0.4, 0.5) is 0 Å². The number of carbonyl (C=O) groups is 1. The summed E-state index contributed by atoms with van der Waals surface area (Å²) in [5, 5.41) is 3.69. The van der Waals surface area contributed by atoms with Gasteiger partial charge in [0, 0.05) is 18.7 Å². The smallest absolute Gasteiger partial charge is 0.251 e. The summed E-state index contributed by atoms with van der Waals surface area (Å²) < 4.78 is 32.4. The maximum atomic E-state index is 12.9. The van der Waals surface area contributed by atoms with E-state index in [1.54, 1.807) is 25.1 Å². The highest BCUT2D eigenvalue weighted by Crippen LogP contribution is 2.28. The predicted octanol–water partition coefficient (Wildman–Crippen LogP) is 4.16. The minimum Gasteiger partial charge on any atom is -0.379 e. The number of carbonyl (C=O) groups excluding carboxylic acids is 1. The Hall–Kier alpha value is -1.35. The molecule has 1 aliphatic heterocycles. The van der Waals surface area contributed by atoms with Crippen molar-refractivity contribution in [2.45, 2.75) is 17.9 Å². The molecule has 6 nitrogen and oxygen atoms in total. The second kappa shape index (κ2) is 9.20. The van der Waals surface area contributed by atoms with Crippen molar-refractivity contribution in [3.8, 4) is 0 Å². The van der Waals surface area contributed by atoms with Gasteiger partial charge in [0.15, 0.2) is 0 Å². The summed E-state index contributed by atoms with van der Waals surface area (Å²) in [5.74, 6) is -0.432. The van der Waals surface area contributed by atoms with Crippen LogP contribution in [0.15, 0.2) is 41.3 Å². The van der Waals surface area contributed by atoms with Crippen LogP contribution in [-0.4, -0.2) is 44.9 Å². The number of nitrogens with zero attached hydrogens (tertiary/aromatic N) is 1. The number of nitrogens with one attached hydrogen (secondary N) is 1. The van der Waals surface area contributed by atoms with Gasteiger partial charge in [-0.05, 0) is 42.8 Å². The molecule has 1 atom stereocenters. The van der Waals surface area contributed by atoms with Gasteiger partial charge in [0.25, 0.3) is 5.91 Å². The van der Waals surface area contributed by atoms with Crippen LogP contribution in [0, 0.1) is 0 Å². The summed E-state index contributed by atoms with van der Waals surface area (Å²) in [7, 11) is -3.83. The van der Waals surface area contributed by atoms with Gasteiger partial charge in [-0.2, -0.15) is 4.31 Å². The highest BCUT2D eigenvalue weighted by atomic mass is 35.5. The van der Waals surface area contributed by atoms with E-state index in [1.165, 1.54) is 22.5 Å². The zero-order valence-electron chi connectivity index (χ0n) is 15.5. The van der Waals surface area contributed by atoms with Crippen LogP contribution in [0.5, 0.6) is 0 Å². The van der Waals surface area contributed by atoms with E-state index < -0.39 is 15.9 Å². The predicted molar refractivity (Wildman–Crippen MR) is 113 cm³/mol. The van der Waals surface area contributed by atoms with Gasteiger partial charge < -0.3 is 10.1 Å². The molecule has 10 heteroatoms. The number of benzene rings is 2. The number of morpholine rings is 1. The molecule has 0 aliphatic carbocycles. The minimum atomic E-state index is -3.83. The van der Waals surface area contributed by atoms with E-state index in [4.69, 9.17) is 39.5 Å². The van der Waals surface area contributed by atoms with Crippen molar-refractivity contribution in [2.75, 3.05) is 26.3 Å². The molecule has 1 heterocycles. The first kappa shape index (κ1) is 22.3. The number of amides is 1. The van der Waals surface area contributed by atoms with Crippen LogP contribution in [0.3, 0.4) is 0 Å². The monoisotopic (exact) mass is 476 g/mol. The van der Waals surface area contributed by atoms with Crippen molar-refractivity contribution in [2.24, 2.45) is 0 Å². The molecule has 2 aromatic rings. The molecule has 0 spiro atoms. The van der Waals surface area contributed by atoms with Gasteiger partial charge in [0.1, 0.15) is 4.90 Å². The highest BCUT2D eigenvalue weighted by molar-refractivity contribution is 7.89. The van der Waals surface area contributed by atoms with Crippen LogP contribution in [0.2, 0.25) is 15.1 Å². The number of hydrogen-bond donors (Lipinski definition) is 1. The Labute approximate surface area is 184 Å². The van der Waals surface area contributed by atoms with Crippen LogP contribution >= 0.6 is 34.8 Å². The lowest BCUT2D eigenvalue weighted by atomic mass is 10.1. The first-order valence-corrected chi connectivity index (χ1v) is 11.4. The fraction of sp³-hybridized carbons (Fsp3) is 0.316. The lowest BCUT2D eigenvalue weighted by molar-refractivity contribution is 0.0730. The van der Waals surface area contributed by atoms with Crippen molar-refractivity contribution < 1.29 is 17.9 Å². The maximum absolute atomic E-state index is 12.9. The van der Waals surface area contributed by atoms with Gasteiger partial charge in [-0.25, -0.2) is 8.42 Å².